The molecule has 0 radical (unpaired) electrons. The minimum Gasteiger partial charge on any atom is -0.486 e. The highest BCUT2D eigenvalue weighted by atomic mass is 19.4. The minimum atomic E-state index is -4.81. The highest BCUT2D eigenvalue weighted by molar-refractivity contribution is 5.97. The number of likely N-dealkylation sites (tertiary alicyclic amines) is 1. The Morgan fingerprint density at radius 1 is 1.16 bits per heavy atom. The lowest BCUT2D eigenvalue weighted by molar-refractivity contribution is -0.274. The Kier molecular flexibility index (Phi) is 7.37. The van der Waals surface area contributed by atoms with E-state index < -0.39 is 30.3 Å². The molecule has 1 aliphatic heterocycles. The number of carbonyl (C=O) groups is 2. The zero-order valence-corrected chi connectivity index (χ0v) is 19.7. The number of nitrogens with two attached hydrogens (primary N) is 1. The number of nitrogens with zero attached hydrogens (tertiary/aromatic N) is 3. The van der Waals surface area contributed by atoms with Crippen molar-refractivity contribution in [3.8, 4) is 22.8 Å². The number of imidazole rings is 1. The molecule has 0 spiro atoms. The zero-order valence-electron chi connectivity index (χ0n) is 19.7. The third kappa shape index (κ3) is 6.57. The van der Waals surface area contributed by atoms with Gasteiger partial charge in [0.1, 0.15) is 17.6 Å². The number of aryl methyl sites for hydroxylation is 1. The number of amides is 2. The van der Waals surface area contributed by atoms with Crippen molar-refractivity contribution in [2.45, 2.75) is 31.5 Å². The molecule has 8 nitrogen and oxygen atoms in total. The average Bonchev–Trinajstić information content (AvgIpc) is 3.27. The van der Waals surface area contributed by atoms with E-state index in [0.29, 0.717) is 16.8 Å². The fourth-order valence-electron chi connectivity index (χ4n) is 4.05. The smallest absolute Gasteiger partial charge is 0.486 e. The number of hydrogen-bond acceptors (Lipinski definition) is 5. The Labute approximate surface area is 209 Å². The molecular weight excluding hydrogens is 496 g/mol. The summed E-state index contributed by atoms with van der Waals surface area (Å²) in [5.41, 5.74) is 7.36. The monoisotopic (exact) mass is 520 g/mol. The van der Waals surface area contributed by atoms with Crippen LogP contribution in [0.5, 0.6) is 11.5 Å². The Morgan fingerprint density at radius 3 is 2.49 bits per heavy atom. The maximum absolute atomic E-state index is 15.0. The van der Waals surface area contributed by atoms with Crippen LogP contribution in [0.25, 0.3) is 11.3 Å². The lowest BCUT2D eigenvalue weighted by atomic mass is 10.0. The zero-order chi connectivity index (χ0) is 26.7. The molecule has 0 bridgehead atoms. The molecule has 0 unspecified atom stereocenters. The number of primary amides is 1. The maximum Gasteiger partial charge on any atom is 0.573 e. The highest BCUT2D eigenvalue weighted by Crippen LogP contribution is 2.29. The number of alkyl halides is 4. The third-order valence-electron chi connectivity index (χ3n) is 5.87. The Morgan fingerprint density at radius 2 is 1.89 bits per heavy atom. The number of aromatic nitrogens is 2. The van der Waals surface area contributed by atoms with Crippen LogP contribution in [0.15, 0.2) is 55.0 Å². The quantitative estimate of drug-likeness (QED) is 0.480. The number of hydrogen-bond donors (Lipinski definition) is 1. The standard InChI is InChI=1S/C25H24F4N4O4/c1-32-13-20(31-14-32)16-4-7-21(18(11-16)24(30)35)36-22-8-9-33(12-19(22)26)23(34)10-15-2-5-17(6-3-15)37-25(27,28)29/h2-7,11,13-14,19,22H,8-10,12H2,1H3,(H2,30,35)/t19-,22+/m0/s1. The lowest BCUT2D eigenvalue weighted by Crippen LogP contribution is -2.49. The van der Waals surface area contributed by atoms with Crippen LogP contribution >= 0.6 is 0 Å². The van der Waals surface area contributed by atoms with Crippen LogP contribution in [0.1, 0.15) is 22.3 Å². The van der Waals surface area contributed by atoms with Crippen LogP contribution in [0.2, 0.25) is 0 Å². The van der Waals surface area contributed by atoms with Crippen molar-refractivity contribution in [2.24, 2.45) is 12.8 Å². The van der Waals surface area contributed by atoms with Gasteiger partial charge in [-0.1, -0.05) is 12.1 Å². The second kappa shape index (κ2) is 10.5. The molecule has 2 heterocycles. The largest absolute Gasteiger partial charge is 0.573 e. The van der Waals surface area contributed by atoms with E-state index in [1.54, 1.807) is 29.2 Å². The Hall–Kier alpha value is -4.09. The highest BCUT2D eigenvalue weighted by Gasteiger charge is 2.34. The summed E-state index contributed by atoms with van der Waals surface area (Å²) in [6, 6.07) is 9.70. The predicted molar refractivity (Wildman–Crippen MR) is 124 cm³/mol. The van der Waals surface area contributed by atoms with Gasteiger partial charge in [-0.2, -0.15) is 0 Å². The Bertz CT molecular complexity index is 1280. The van der Waals surface area contributed by atoms with Crippen molar-refractivity contribution in [3.63, 3.8) is 0 Å². The number of rotatable bonds is 7. The van der Waals surface area contributed by atoms with E-state index in [2.05, 4.69) is 9.72 Å². The van der Waals surface area contributed by atoms with Gasteiger partial charge in [0.25, 0.3) is 5.91 Å². The first-order chi connectivity index (χ1) is 17.5. The topological polar surface area (TPSA) is 99.7 Å². The number of halogens is 4. The first kappa shape index (κ1) is 26.0. The van der Waals surface area contributed by atoms with Crippen molar-refractivity contribution >= 4 is 11.8 Å². The fraction of sp³-hybridized carbons (Fsp3) is 0.320. The van der Waals surface area contributed by atoms with E-state index >= 15 is 4.39 Å². The molecule has 1 saturated heterocycles. The van der Waals surface area contributed by atoms with Gasteiger partial charge in [0.2, 0.25) is 5.91 Å². The molecule has 2 atom stereocenters. The summed E-state index contributed by atoms with van der Waals surface area (Å²) in [6.07, 6.45) is -3.78. The molecule has 37 heavy (non-hydrogen) atoms. The SMILES string of the molecule is Cn1cnc(-c2ccc(O[C@@H]3CCN(C(=O)Cc4ccc(OC(F)(F)F)cc4)C[C@@H]3F)c(C(N)=O)c2)c1. The summed E-state index contributed by atoms with van der Waals surface area (Å²) in [4.78, 5) is 30.3. The molecule has 0 saturated carbocycles. The van der Waals surface area contributed by atoms with Gasteiger partial charge in [0, 0.05) is 31.8 Å². The molecule has 2 amide bonds. The number of benzene rings is 2. The van der Waals surface area contributed by atoms with Crippen molar-refractivity contribution < 1.29 is 36.6 Å². The number of piperidine rings is 1. The van der Waals surface area contributed by atoms with Gasteiger partial charge >= 0.3 is 6.36 Å². The first-order valence-electron chi connectivity index (χ1n) is 11.3. The number of carbonyl (C=O) groups excluding carboxylic acids is 2. The van der Waals surface area contributed by atoms with Gasteiger partial charge in [-0.3, -0.25) is 9.59 Å². The van der Waals surface area contributed by atoms with Gasteiger partial charge in [-0.15, -0.1) is 13.2 Å². The molecule has 1 aromatic heterocycles. The van der Waals surface area contributed by atoms with Crippen LogP contribution < -0.4 is 15.2 Å². The minimum absolute atomic E-state index is 0.0896. The van der Waals surface area contributed by atoms with E-state index in [0.717, 1.165) is 12.1 Å². The van der Waals surface area contributed by atoms with Crippen LogP contribution in [-0.4, -0.2) is 58.0 Å². The molecule has 196 valence electrons. The number of ether oxygens (including phenoxy) is 2. The van der Waals surface area contributed by atoms with Crippen LogP contribution in [-0.2, 0) is 18.3 Å². The van der Waals surface area contributed by atoms with E-state index in [9.17, 15) is 22.8 Å². The second-order valence-electron chi connectivity index (χ2n) is 8.67. The van der Waals surface area contributed by atoms with E-state index in [1.807, 2.05) is 7.05 Å². The molecule has 0 aliphatic carbocycles. The molecule has 2 aromatic carbocycles. The summed E-state index contributed by atoms with van der Waals surface area (Å²) < 4.78 is 63.3. The van der Waals surface area contributed by atoms with Crippen LogP contribution in [0, 0.1) is 0 Å². The normalized spacial score (nSPS) is 17.9. The van der Waals surface area contributed by atoms with Crippen LogP contribution in [0.4, 0.5) is 17.6 Å². The predicted octanol–water partition coefficient (Wildman–Crippen LogP) is 3.65. The molecule has 2 N–H and O–H groups in total. The lowest BCUT2D eigenvalue weighted by Gasteiger charge is -2.35. The second-order valence-corrected chi connectivity index (χ2v) is 8.67. The average molecular weight is 520 g/mol. The summed E-state index contributed by atoms with van der Waals surface area (Å²) in [5, 5.41) is 0. The summed E-state index contributed by atoms with van der Waals surface area (Å²) in [7, 11) is 1.81. The fourth-order valence-corrected chi connectivity index (χ4v) is 4.05. The summed E-state index contributed by atoms with van der Waals surface area (Å²) in [6.45, 7) is -0.0200. The Balaban J connectivity index is 1.37. The molecular formula is C25H24F4N4O4. The molecule has 1 aliphatic rings. The van der Waals surface area contributed by atoms with Crippen molar-refractivity contribution in [1.82, 2.24) is 14.5 Å². The molecule has 1 fully saturated rings. The molecule has 12 heteroatoms. The van der Waals surface area contributed by atoms with Crippen molar-refractivity contribution in [1.29, 1.82) is 0 Å². The van der Waals surface area contributed by atoms with Gasteiger partial charge in [-0.25, -0.2) is 9.37 Å². The van der Waals surface area contributed by atoms with Gasteiger partial charge in [0.05, 0.1) is 30.6 Å². The molecule has 4 rings (SSSR count). The van der Waals surface area contributed by atoms with E-state index in [-0.39, 0.29) is 43.2 Å². The third-order valence-corrected chi connectivity index (χ3v) is 5.87. The summed E-state index contributed by atoms with van der Waals surface area (Å²) in [5.74, 6) is -1.36. The first-order valence-corrected chi connectivity index (χ1v) is 11.3. The summed E-state index contributed by atoms with van der Waals surface area (Å²) >= 11 is 0. The van der Waals surface area contributed by atoms with Crippen molar-refractivity contribution in [2.75, 3.05) is 13.1 Å². The van der Waals surface area contributed by atoms with Crippen LogP contribution in [0.3, 0.4) is 0 Å². The van der Waals surface area contributed by atoms with Crippen molar-refractivity contribution in [3.05, 3.63) is 66.1 Å². The van der Waals surface area contributed by atoms with E-state index in [1.165, 1.54) is 23.1 Å². The van der Waals surface area contributed by atoms with Gasteiger partial charge in [0.15, 0.2) is 6.17 Å². The van der Waals surface area contributed by atoms with Gasteiger partial charge < -0.3 is 24.7 Å². The molecule has 3 aromatic rings. The van der Waals surface area contributed by atoms with Gasteiger partial charge in [-0.05, 0) is 35.9 Å². The maximum atomic E-state index is 15.0. The van der Waals surface area contributed by atoms with E-state index in [4.69, 9.17) is 10.5 Å².